The summed E-state index contributed by atoms with van der Waals surface area (Å²) in [7, 11) is 0. The van der Waals surface area contributed by atoms with Gasteiger partial charge in [0.2, 0.25) is 0 Å². The Morgan fingerprint density at radius 1 is 1.67 bits per heavy atom. The zero-order valence-corrected chi connectivity index (χ0v) is 8.59. The summed E-state index contributed by atoms with van der Waals surface area (Å²) in [5.41, 5.74) is 1.44. The highest BCUT2D eigenvalue weighted by Gasteiger charge is 2.03. The Labute approximate surface area is 83.2 Å². The van der Waals surface area contributed by atoms with Gasteiger partial charge in [-0.1, -0.05) is 16.8 Å². The molecule has 0 aliphatic rings. The van der Waals surface area contributed by atoms with Gasteiger partial charge < -0.3 is 5.21 Å². The first-order chi connectivity index (χ1) is 5.63. The second-order valence-corrected chi connectivity index (χ2v) is 3.41. The van der Waals surface area contributed by atoms with Crippen molar-refractivity contribution >= 4 is 32.7 Å². The van der Waals surface area contributed by atoms with E-state index in [1.165, 1.54) is 0 Å². The van der Waals surface area contributed by atoms with Crippen LogP contribution in [0.25, 0.3) is 0 Å². The first-order valence-electron chi connectivity index (χ1n) is 3.15. The SMILES string of the molecule is Cc1cc(Br)nc(/C(Cl)=N/O)c1. The van der Waals surface area contributed by atoms with Gasteiger partial charge in [-0.3, -0.25) is 0 Å². The Morgan fingerprint density at radius 3 is 2.83 bits per heavy atom. The maximum absolute atomic E-state index is 8.37. The monoisotopic (exact) mass is 248 g/mol. The van der Waals surface area contributed by atoms with Gasteiger partial charge in [0.25, 0.3) is 0 Å². The maximum Gasteiger partial charge on any atom is 0.193 e. The highest BCUT2D eigenvalue weighted by molar-refractivity contribution is 9.10. The van der Waals surface area contributed by atoms with Gasteiger partial charge in [-0.2, -0.15) is 0 Å². The Morgan fingerprint density at radius 2 is 2.33 bits per heavy atom. The summed E-state index contributed by atoms with van der Waals surface area (Å²) in [5.74, 6) is 0. The fraction of sp³-hybridized carbons (Fsp3) is 0.143. The van der Waals surface area contributed by atoms with Crippen molar-refractivity contribution in [2.24, 2.45) is 5.16 Å². The average Bonchev–Trinajstić information content (AvgIpc) is 2.01. The summed E-state index contributed by atoms with van der Waals surface area (Å²) in [4.78, 5) is 4.00. The molecule has 0 fully saturated rings. The summed E-state index contributed by atoms with van der Waals surface area (Å²) in [5, 5.41) is 11.2. The van der Waals surface area contributed by atoms with Crippen LogP contribution in [0.4, 0.5) is 0 Å². The minimum absolute atomic E-state index is 0.0144. The molecule has 0 bridgehead atoms. The van der Waals surface area contributed by atoms with Crippen LogP contribution in [0.2, 0.25) is 0 Å². The van der Waals surface area contributed by atoms with E-state index in [0.29, 0.717) is 10.3 Å². The lowest BCUT2D eigenvalue weighted by Gasteiger charge is -1.98. The number of nitrogens with zero attached hydrogens (tertiary/aromatic N) is 2. The highest BCUT2D eigenvalue weighted by Crippen LogP contribution is 2.12. The molecule has 0 unspecified atom stereocenters. The molecular formula is C7H6BrClN2O. The third-order valence-electron chi connectivity index (χ3n) is 1.24. The number of aromatic nitrogens is 1. The molecular weight excluding hydrogens is 243 g/mol. The molecule has 0 spiro atoms. The van der Waals surface area contributed by atoms with Gasteiger partial charge in [-0.15, -0.1) is 0 Å². The number of rotatable bonds is 1. The van der Waals surface area contributed by atoms with Crippen LogP contribution >= 0.6 is 27.5 Å². The molecule has 1 aromatic heterocycles. The van der Waals surface area contributed by atoms with E-state index in [1.807, 2.05) is 13.0 Å². The van der Waals surface area contributed by atoms with Crippen LogP contribution in [-0.4, -0.2) is 15.4 Å². The number of hydrogen-bond acceptors (Lipinski definition) is 3. The smallest absolute Gasteiger partial charge is 0.193 e. The van der Waals surface area contributed by atoms with Gasteiger partial charge in [-0.05, 0) is 40.5 Å². The normalized spacial score (nSPS) is 11.8. The molecule has 0 amide bonds. The van der Waals surface area contributed by atoms with Crippen LogP contribution in [0, 0.1) is 6.92 Å². The standard InChI is InChI=1S/C7H6BrClN2O/c1-4-2-5(7(9)11-12)10-6(8)3-4/h2-3,12H,1H3/b11-7-. The van der Waals surface area contributed by atoms with Gasteiger partial charge in [-0.25, -0.2) is 4.98 Å². The van der Waals surface area contributed by atoms with Crippen molar-refractivity contribution in [3.63, 3.8) is 0 Å². The van der Waals surface area contributed by atoms with Crippen molar-refractivity contribution < 1.29 is 5.21 Å². The molecule has 12 heavy (non-hydrogen) atoms. The van der Waals surface area contributed by atoms with Gasteiger partial charge in [0.05, 0.1) is 0 Å². The summed E-state index contributed by atoms with van der Waals surface area (Å²) >= 11 is 8.76. The predicted octanol–water partition coefficient (Wildman–Crippen LogP) is 2.53. The van der Waals surface area contributed by atoms with Crippen molar-refractivity contribution in [1.82, 2.24) is 4.98 Å². The highest BCUT2D eigenvalue weighted by atomic mass is 79.9. The molecule has 64 valence electrons. The summed E-state index contributed by atoms with van der Waals surface area (Å²) < 4.78 is 0.666. The second-order valence-electron chi connectivity index (χ2n) is 2.24. The predicted molar refractivity (Wildman–Crippen MR) is 50.9 cm³/mol. The van der Waals surface area contributed by atoms with E-state index in [-0.39, 0.29) is 5.17 Å². The van der Waals surface area contributed by atoms with E-state index in [0.717, 1.165) is 5.56 Å². The molecule has 1 heterocycles. The van der Waals surface area contributed by atoms with Crippen LogP contribution in [-0.2, 0) is 0 Å². The summed E-state index contributed by atoms with van der Waals surface area (Å²) in [6.45, 7) is 1.90. The van der Waals surface area contributed by atoms with Gasteiger partial charge in [0.1, 0.15) is 10.3 Å². The summed E-state index contributed by atoms with van der Waals surface area (Å²) in [6, 6.07) is 3.57. The van der Waals surface area contributed by atoms with Gasteiger partial charge in [0.15, 0.2) is 5.17 Å². The molecule has 3 nitrogen and oxygen atoms in total. The second kappa shape index (κ2) is 3.87. The zero-order valence-electron chi connectivity index (χ0n) is 6.25. The topological polar surface area (TPSA) is 45.5 Å². The van der Waals surface area contributed by atoms with Crippen LogP contribution in [0.5, 0.6) is 0 Å². The van der Waals surface area contributed by atoms with Crippen molar-refractivity contribution in [3.8, 4) is 0 Å². The molecule has 0 aliphatic heterocycles. The first-order valence-corrected chi connectivity index (χ1v) is 4.32. The number of aryl methyl sites for hydroxylation is 1. The lowest BCUT2D eigenvalue weighted by molar-refractivity contribution is 0.320. The average molecular weight is 249 g/mol. The van der Waals surface area contributed by atoms with Crippen molar-refractivity contribution in [2.45, 2.75) is 6.92 Å². The lowest BCUT2D eigenvalue weighted by atomic mass is 10.2. The van der Waals surface area contributed by atoms with Crippen LogP contribution in [0.1, 0.15) is 11.3 Å². The Hall–Kier alpha value is -0.610. The first kappa shape index (κ1) is 9.48. The fourth-order valence-corrected chi connectivity index (χ4v) is 1.43. The molecule has 5 heteroatoms. The van der Waals surface area contributed by atoms with E-state index in [2.05, 4.69) is 26.1 Å². The van der Waals surface area contributed by atoms with Gasteiger partial charge >= 0.3 is 0 Å². The molecule has 1 aromatic rings. The van der Waals surface area contributed by atoms with Crippen molar-refractivity contribution in [3.05, 3.63) is 28.0 Å². The quantitative estimate of drug-likeness (QED) is 0.360. The third-order valence-corrected chi connectivity index (χ3v) is 1.91. The minimum Gasteiger partial charge on any atom is -0.410 e. The van der Waals surface area contributed by atoms with Crippen LogP contribution < -0.4 is 0 Å². The van der Waals surface area contributed by atoms with E-state index in [4.69, 9.17) is 16.8 Å². The van der Waals surface area contributed by atoms with E-state index >= 15 is 0 Å². The van der Waals surface area contributed by atoms with E-state index in [1.54, 1.807) is 6.07 Å². The Balaban J connectivity index is 3.17. The largest absolute Gasteiger partial charge is 0.410 e. The molecule has 0 atom stereocenters. The number of oxime groups is 1. The molecule has 0 aliphatic carbocycles. The maximum atomic E-state index is 8.37. The van der Waals surface area contributed by atoms with E-state index in [9.17, 15) is 0 Å². The molecule has 0 radical (unpaired) electrons. The molecule has 0 saturated heterocycles. The number of pyridine rings is 1. The van der Waals surface area contributed by atoms with E-state index < -0.39 is 0 Å². The molecule has 0 saturated carbocycles. The fourth-order valence-electron chi connectivity index (χ4n) is 0.782. The minimum atomic E-state index is -0.0144. The molecule has 1 rings (SSSR count). The van der Waals surface area contributed by atoms with Gasteiger partial charge in [0, 0.05) is 0 Å². The van der Waals surface area contributed by atoms with Crippen LogP contribution in [0.3, 0.4) is 0 Å². The number of hydrogen-bond donors (Lipinski definition) is 1. The zero-order chi connectivity index (χ0) is 9.14. The Kier molecular flexibility index (Phi) is 3.05. The van der Waals surface area contributed by atoms with Crippen LogP contribution in [0.15, 0.2) is 21.9 Å². The van der Waals surface area contributed by atoms with Crippen molar-refractivity contribution in [2.75, 3.05) is 0 Å². The molecule has 0 aromatic carbocycles. The lowest BCUT2D eigenvalue weighted by Crippen LogP contribution is -1.96. The Bertz CT molecular complexity index is 307. The number of halogens is 2. The molecule has 1 N–H and O–H groups in total. The third kappa shape index (κ3) is 2.19. The summed E-state index contributed by atoms with van der Waals surface area (Å²) in [6.07, 6.45) is 0. The van der Waals surface area contributed by atoms with Crippen molar-refractivity contribution in [1.29, 1.82) is 0 Å².